The van der Waals surface area contributed by atoms with E-state index in [1.165, 1.54) is 12.4 Å². The molecule has 0 radical (unpaired) electrons. The van der Waals surface area contributed by atoms with E-state index in [0.29, 0.717) is 12.2 Å². The average Bonchev–Trinajstić information content (AvgIpc) is 2.16. The van der Waals surface area contributed by atoms with E-state index in [2.05, 4.69) is 15.3 Å². The molecule has 0 aliphatic rings. The molecule has 0 amide bonds. The lowest BCUT2D eigenvalue weighted by molar-refractivity contribution is -0.138. The van der Waals surface area contributed by atoms with E-state index in [4.69, 9.17) is 5.11 Å². The van der Waals surface area contributed by atoms with Crippen molar-refractivity contribution in [3.05, 3.63) is 18.6 Å². The molecule has 0 aliphatic heterocycles. The van der Waals surface area contributed by atoms with E-state index in [0.717, 1.165) is 0 Å². The SMILES string of the molecule is CC(C)(C)CC(Nc1cnccn1)C(=O)O. The summed E-state index contributed by atoms with van der Waals surface area (Å²) < 4.78 is 0. The van der Waals surface area contributed by atoms with E-state index in [1.54, 1.807) is 6.20 Å². The Bertz CT molecular complexity index is 346. The van der Waals surface area contributed by atoms with Crippen LogP contribution in [0.4, 0.5) is 5.82 Å². The van der Waals surface area contributed by atoms with Crippen LogP contribution >= 0.6 is 0 Å². The lowest BCUT2D eigenvalue weighted by atomic mass is 9.88. The van der Waals surface area contributed by atoms with Crippen LogP contribution in [0.5, 0.6) is 0 Å². The van der Waals surface area contributed by atoms with Crippen LogP contribution < -0.4 is 5.32 Å². The van der Waals surface area contributed by atoms with Crippen LogP contribution in [-0.4, -0.2) is 27.1 Å². The Labute approximate surface area is 94.9 Å². The van der Waals surface area contributed by atoms with Crippen molar-refractivity contribution in [2.75, 3.05) is 5.32 Å². The third-order valence-electron chi connectivity index (χ3n) is 2.00. The van der Waals surface area contributed by atoms with Gasteiger partial charge in [0.1, 0.15) is 11.9 Å². The van der Waals surface area contributed by atoms with Crippen molar-refractivity contribution in [3.63, 3.8) is 0 Å². The molecule has 1 atom stereocenters. The highest BCUT2D eigenvalue weighted by Gasteiger charge is 2.24. The fourth-order valence-corrected chi connectivity index (χ4v) is 1.36. The summed E-state index contributed by atoms with van der Waals surface area (Å²) in [5.41, 5.74) is -0.0573. The molecule has 5 heteroatoms. The standard InChI is InChI=1S/C11H17N3O2/c1-11(2,3)6-8(10(15)16)14-9-7-12-4-5-13-9/h4-5,7-8H,6H2,1-3H3,(H,13,14)(H,15,16). The first kappa shape index (κ1) is 12.4. The molecule has 1 aromatic rings. The lowest BCUT2D eigenvalue weighted by Gasteiger charge is -2.24. The molecule has 0 bridgehead atoms. The largest absolute Gasteiger partial charge is 0.480 e. The van der Waals surface area contributed by atoms with Gasteiger partial charge in [-0.1, -0.05) is 20.8 Å². The van der Waals surface area contributed by atoms with E-state index < -0.39 is 12.0 Å². The van der Waals surface area contributed by atoms with Gasteiger partial charge in [-0.15, -0.1) is 0 Å². The highest BCUT2D eigenvalue weighted by molar-refractivity contribution is 5.76. The zero-order valence-electron chi connectivity index (χ0n) is 9.77. The molecule has 1 rings (SSSR count). The Balaban J connectivity index is 2.70. The first-order valence-electron chi connectivity index (χ1n) is 5.14. The van der Waals surface area contributed by atoms with E-state index in [9.17, 15) is 4.79 Å². The molecular formula is C11H17N3O2. The first-order valence-corrected chi connectivity index (χ1v) is 5.14. The van der Waals surface area contributed by atoms with Crippen LogP contribution in [0, 0.1) is 5.41 Å². The Morgan fingerprint density at radius 2 is 2.19 bits per heavy atom. The van der Waals surface area contributed by atoms with E-state index in [1.807, 2.05) is 20.8 Å². The fourth-order valence-electron chi connectivity index (χ4n) is 1.36. The van der Waals surface area contributed by atoms with Gasteiger partial charge >= 0.3 is 5.97 Å². The summed E-state index contributed by atoms with van der Waals surface area (Å²) in [6.45, 7) is 6.00. The van der Waals surface area contributed by atoms with Gasteiger partial charge in [0.2, 0.25) is 0 Å². The maximum atomic E-state index is 11.1. The number of hydrogen-bond donors (Lipinski definition) is 2. The van der Waals surface area contributed by atoms with Crippen molar-refractivity contribution < 1.29 is 9.90 Å². The van der Waals surface area contributed by atoms with Crippen molar-refractivity contribution in [3.8, 4) is 0 Å². The molecule has 2 N–H and O–H groups in total. The average molecular weight is 223 g/mol. The Hall–Kier alpha value is -1.65. The number of aromatic nitrogens is 2. The number of nitrogens with zero attached hydrogens (tertiary/aromatic N) is 2. The minimum Gasteiger partial charge on any atom is -0.480 e. The van der Waals surface area contributed by atoms with Gasteiger partial charge in [-0.25, -0.2) is 9.78 Å². The molecule has 5 nitrogen and oxygen atoms in total. The zero-order chi connectivity index (χ0) is 12.2. The molecule has 0 saturated carbocycles. The lowest BCUT2D eigenvalue weighted by Crippen LogP contribution is -2.33. The molecule has 1 heterocycles. The molecule has 0 spiro atoms. The van der Waals surface area contributed by atoms with Crippen LogP contribution in [0.3, 0.4) is 0 Å². The Kier molecular flexibility index (Phi) is 3.82. The summed E-state index contributed by atoms with van der Waals surface area (Å²) in [4.78, 5) is 18.9. The third-order valence-corrected chi connectivity index (χ3v) is 2.00. The first-order chi connectivity index (χ1) is 7.38. The topological polar surface area (TPSA) is 75.1 Å². The summed E-state index contributed by atoms with van der Waals surface area (Å²) in [5, 5.41) is 11.9. The highest BCUT2D eigenvalue weighted by Crippen LogP contribution is 2.22. The number of nitrogens with one attached hydrogen (secondary N) is 1. The van der Waals surface area contributed by atoms with Crippen molar-refractivity contribution >= 4 is 11.8 Å². The van der Waals surface area contributed by atoms with Crippen LogP contribution in [0.25, 0.3) is 0 Å². The van der Waals surface area contributed by atoms with Crippen molar-refractivity contribution in [1.82, 2.24) is 9.97 Å². The van der Waals surface area contributed by atoms with Gasteiger partial charge in [-0.3, -0.25) is 4.98 Å². The Morgan fingerprint density at radius 1 is 1.50 bits per heavy atom. The monoisotopic (exact) mass is 223 g/mol. The molecule has 16 heavy (non-hydrogen) atoms. The summed E-state index contributed by atoms with van der Waals surface area (Å²) in [6.07, 6.45) is 5.11. The molecule has 0 saturated heterocycles. The number of rotatable bonds is 4. The highest BCUT2D eigenvalue weighted by atomic mass is 16.4. The van der Waals surface area contributed by atoms with Gasteiger partial charge in [-0.05, 0) is 11.8 Å². The number of hydrogen-bond acceptors (Lipinski definition) is 4. The Morgan fingerprint density at radius 3 is 2.62 bits per heavy atom. The minimum absolute atomic E-state index is 0.0573. The second-order valence-electron chi connectivity index (χ2n) is 4.89. The molecule has 1 aromatic heterocycles. The predicted octanol–water partition coefficient (Wildman–Crippen LogP) is 1.78. The molecular weight excluding hydrogens is 206 g/mol. The van der Waals surface area contributed by atoms with E-state index in [-0.39, 0.29) is 5.41 Å². The summed E-state index contributed by atoms with van der Waals surface area (Å²) in [7, 11) is 0. The van der Waals surface area contributed by atoms with Crippen LogP contribution in [0.15, 0.2) is 18.6 Å². The van der Waals surface area contributed by atoms with Crippen LogP contribution in [0.1, 0.15) is 27.2 Å². The number of carbonyl (C=O) groups is 1. The quantitative estimate of drug-likeness (QED) is 0.813. The zero-order valence-corrected chi connectivity index (χ0v) is 9.77. The van der Waals surface area contributed by atoms with Crippen LogP contribution in [0.2, 0.25) is 0 Å². The summed E-state index contributed by atoms with van der Waals surface area (Å²) in [5.74, 6) is -0.389. The van der Waals surface area contributed by atoms with Crippen molar-refractivity contribution in [2.24, 2.45) is 5.41 Å². The molecule has 88 valence electrons. The van der Waals surface area contributed by atoms with Crippen molar-refractivity contribution in [1.29, 1.82) is 0 Å². The summed E-state index contributed by atoms with van der Waals surface area (Å²) >= 11 is 0. The van der Waals surface area contributed by atoms with Gasteiger partial charge in [-0.2, -0.15) is 0 Å². The van der Waals surface area contributed by atoms with Crippen molar-refractivity contribution in [2.45, 2.75) is 33.2 Å². The van der Waals surface area contributed by atoms with Gasteiger partial charge in [0.05, 0.1) is 6.20 Å². The molecule has 0 fully saturated rings. The number of carboxylic acids is 1. The summed E-state index contributed by atoms with van der Waals surface area (Å²) in [6, 6.07) is -0.642. The fraction of sp³-hybridized carbons (Fsp3) is 0.545. The predicted molar refractivity (Wildman–Crippen MR) is 61.2 cm³/mol. The molecule has 0 aliphatic carbocycles. The maximum Gasteiger partial charge on any atom is 0.326 e. The van der Waals surface area contributed by atoms with Gasteiger partial charge < -0.3 is 10.4 Å². The second kappa shape index (κ2) is 4.92. The number of anilines is 1. The van der Waals surface area contributed by atoms with Crippen LogP contribution in [-0.2, 0) is 4.79 Å². The number of aliphatic carboxylic acids is 1. The van der Waals surface area contributed by atoms with E-state index >= 15 is 0 Å². The smallest absolute Gasteiger partial charge is 0.326 e. The minimum atomic E-state index is -0.874. The normalized spacial score (nSPS) is 13.2. The van der Waals surface area contributed by atoms with Gasteiger partial charge in [0.25, 0.3) is 0 Å². The van der Waals surface area contributed by atoms with Gasteiger partial charge in [0.15, 0.2) is 0 Å². The maximum absolute atomic E-state index is 11.1. The molecule has 1 unspecified atom stereocenters. The number of carboxylic acid groups (broad SMARTS) is 1. The second-order valence-corrected chi connectivity index (χ2v) is 4.89. The third kappa shape index (κ3) is 4.25. The molecule has 0 aromatic carbocycles. The van der Waals surface area contributed by atoms with Gasteiger partial charge in [0, 0.05) is 12.4 Å².